The maximum atomic E-state index is 13.1. The predicted octanol–water partition coefficient (Wildman–Crippen LogP) is 2.10. The van der Waals surface area contributed by atoms with Crippen molar-refractivity contribution in [1.29, 1.82) is 0 Å². The van der Waals surface area contributed by atoms with E-state index in [2.05, 4.69) is 4.98 Å². The van der Waals surface area contributed by atoms with Crippen LogP contribution in [-0.2, 0) is 11.2 Å². The lowest BCUT2D eigenvalue weighted by Gasteiger charge is -2.25. The van der Waals surface area contributed by atoms with Gasteiger partial charge < -0.3 is 10.0 Å². The van der Waals surface area contributed by atoms with Crippen LogP contribution < -0.4 is 0 Å². The van der Waals surface area contributed by atoms with Gasteiger partial charge in [-0.15, -0.1) is 0 Å². The molecule has 1 saturated heterocycles. The molecule has 2 unspecified atom stereocenters. The van der Waals surface area contributed by atoms with E-state index < -0.39 is 6.10 Å². The van der Waals surface area contributed by atoms with Crippen molar-refractivity contribution in [2.45, 2.75) is 25.0 Å². The van der Waals surface area contributed by atoms with Gasteiger partial charge in [0.05, 0.1) is 18.6 Å². The van der Waals surface area contributed by atoms with Crippen molar-refractivity contribution in [3.8, 4) is 0 Å². The fourth-order valence-electron chi connectivity index (χ4n) is 2.87. The van der Waals surface area contributed by atoms with Gasteiger partial charge in [0, 0.05) is 18.9 Å². The van der Waals surface area contributed by atoms with Gasteiger partial charge in [-0.3, -0.25) is 9.78 Å². The highest BCUT2D eigenvalue weighted by molar-refractivity contribution is 5.79. The summed E-state index contributed by atoms with van der Waals surface area (Å²) in [7, 11) is 0. The first-order chi connectivity index (χ1) is 10.6. The lowest BCUT2D eigenvalue weighted by molar-refractivity contribution is -0.131. The third-order valence-corrected chi connectivity index (χ3v) is 3.93. The summed E-state index contributed by atoms with van der Waals surface area (Å²) in [5.41, 5.74) is 1.68. The van der Waals surface area contributed by atoms with Gasteiger partial charge >= 0.3 is 0 Å². The van der Waals surface area contributed by atoms with Crippen molar-refractivity contribution in [2.24, 2.45) is 0 Å². The Hall–Kier alpha value is -2.27. The second kappa shape index (κ2) is 6.23. The van der Waals surface area contributed by atoms with Gasteiger partial charge in [-0.1, -0.05) is 18.2 Å². The summed E-state index contributed by atoms with van der Waals surface area (Å²) in [5.74, 6) is -0.366. The molecule has 0 spiro atoms. The number of carbonyl (C=O) groups is 1. The van der Waals surface area contributed by atoms with Crippen LogP contribution in [0.3, 0.4) is 0 Å². The number of amides is 1. The molecular formula is C17H17FN2O2. The molecular weight excluding hydrogens is 283 g/mol. The van der Waals surface area contributed by atoms with Gasteiger partial charge in [0.25, 0.3) is 0 Å². The maximum Gasteiger partial charge on any atom is 0.227 e. The number of hydrogen-bond acceptors (Lipinski definition) is 3. The fraction of sp³-hybridized carbons (Fsp3) is 0.294. The highest BCUT2D eigenvalue weighted by Gasteiger charge is 2.35. The molecule has 1 aromatic heterocycles. The minimum absolute atomic E-state index is 0.0566. The second-order valence-electron chi connectivity index (χ2n) is 5.54. The first-order valence-electron chi connectivity index (χ1n) is 7.25. The number of halogens is 1. The zero-order valence-electron chi connectivity index (χ0n) is 12.0. The Labute approximate surface area is 128 Å². The summed E-state index contributed by atoms with van der Waals surface area (Å²) in [5, 5.41) is 9.92. The third-order valence-electron chi connectivity index (χ3n) is 3.93. The zero-order chi connectivity index (χ0) is 15.5. The molecule has 5 heteroatoms. The van der Waals surface area contributed by atoms with Gasteiger partial charge in [0.2, 0.25) is 5.91 Å². The number of aromatic nitrogens is 1. The highest BCUT2D eigenvalue weighted by Crippen LogP contribution is 2.32. The number of β-amino-alcohol motifs (C(OH)–C–C–N with tert-alkyl or cyclic N) is 1. The Morgan fingerprint density at radius 3 is 2.77 bits per heavy atom. The molecule has 1 aliphatic rings. The van der Waals surface area contributed by atoms with E-state index in [-0.39, 0.29) is 24.2 Å². The number of nitrogens with zero attached hydrogens (tertiary/aromatic N) is 2. The summed E-state index contributed by atoms with van der Waals surface area (Å²) in [4.78, 5) is 18.2. The summed E-state index contributed by atoms with van der Waals surface area (Å²) in [6.07, 6.45) is 3.50. The van der Waals surface area contributed by atoms with Crippen LogP contribution in [0.4, 0.5) is 4.39 Å². The SMILES string of the molecule is O=C(Cc1cccnc1)N1CC(O)CC1c1ccc(F)cc1. The number of rotatable bonds is 3. The average Bonchev–Trinajstić information content (AvgIpc) is 2.91. The lowest BCUT2D eigenvalue weighted by Crippen LogP contribution is -2.33. The lowest BCUT2D eigenvalue weighted by atomic mass is 10.0. The Kier molecular flexibility index (Phi) is 4.15. The van der Waals surface area contributed by atoms with Crippen molar-refractivity contribution in [1.82, 2.24) is 9.88 Å². The molecule has 0 saturated carbocycles. The molecule has 4 nitrogen and oxygen atoms in total. The van der Waals surface area contributed by atoms with E-state index in [1.807, 2.05) is 6.07 Å². The minimum Gasteiger partial charge on any atom is -0.391 e. The highest BCUT2D eigenvalue weighted by atomic mass is 19.1. The van der Waals surface area contributed by atoms with E-state index in [9.17, 15) is 14.3 Å². The number of aliphatic hydroxyl groups is 1. The number of likely N-dealkylation sites (tertiary alicyclic amines) is 1. The molecule has 0 aliphatic carbocycles. The van der Waals surface area contributed by atoms with Gasteiger partial charge in [0.15, 0.2) is 0 Å². The van der Waals surface area contributed by atoms with Gasteiger partial charge in [-0.05, 0) is 35.7 Å². The molecule has 1 aliphatic heterocycles. The van der Waals surface area contributed by atoms with Gasteiger partial charge in [-0.2, -0.15) is 0 Å². The van der Waals surface area contributed by atoms with Crippen LogP contribution in [0.15, 0.2) is 48.8 Å². The normalized spacial score (nSPS) is 21.1. The number of aliphatic hydroxyl groups excluding tert-OH is 1. The first-order valence-corrected chi connectivity index (χ1v) is 7.25. The van der Waals surface area contributed by atoms with E-state index in [0.717, 1.165) is 11.1 Å². The predicted molar refractivity (Wildman–Crippen MR) is 79.4 cm³/mol. The molecule has 1 fully saturated rings. The van der Waals surface area contributed by atoms with Crippen molar-refractivity contribution in [2.75, 3.05) is 6.54 Å². The minimum atomic E-state index is -0.548. The molecule has 1 aromatic carbocycles. The Morgan fingerprint density at radius 1 is 1.32 bits per heavy atom. The standard InChI is InChI=1S/C17H17FN2O2/c18-14-5-3-13(4-6-14)16-9-15(21)11-20(16)17(22)8-12-2-1-7-19-10-12/h1-7,10,15-16,21H,8-9,11H2. The van der Waals surface area contributed by atoms with Crippen LogP contribution >= 0.6 is 0 Å². The molecule has 1 amide bonds. The third kappa shape index (κ3) is 3.14. The Balaban J connectivity index is 1.78. The quantitative estimate of drug-likeness (QED) is 0.944. The molecule has 22 heavy (non-hydrogen) atoms. The zero-order valence-corrected chi connectivity index (χ0v) is 12.0. The van der Waals surface area contributed by atoms with Crippen molar-refractivity contribution < 1.29 is 14.3 Å². The Bertz CT molecular complexity index is 645. The van der Waals surface area contributed by atoms with Crippen LogP contribution in [-0.4, -0.2) is 33.5 Å². The van der Waals surface area contributed by atoms with E-state index in [1.54, 1.807) is 35.5 Å². The van der Waals surface area contributed by atoms with Crippen LogP contribution in [0, 0.1) is 5.82 Å². The number of pyridine rings is 1. The monoisotopic (exact) mass is 300 g/mol. The van der Waals surface area contributed by atoms with E-state index in [4.69, 9.17) is 0 Å². The summed E-state index contributed by atoms with van der Waals surface area (Å²) >= 11 is 0. The average molecular weight is 300 g/mol. The van der Waals surface area contributed by atoms with Crippen molar-refractivity contribution in [3.05, 3.63) is 65.7 Å². The summed E-state index contributed by atoms with van der Waals surface area (Å²) in [6.45, 7) is 0.307. The maximum absolute atomic E-state index is 13.1. The topological polar surface area (TPSA) is 53.4 Å². The van der Waals surface area contributed by atoms with Crippen LogP contribution in [0.25, 0.3) is 0 Å². The number of carbonyl (C=O) groups excluding carboxylic acids is 1. The van der Waals surface area contributed by atoms with Gasteiger partial charge in [0.1, 0.15) is 5.82 Å². The van der Waals surface area contributed by atoms with E-state index >= 15 is 0 Å². The van der Waals surface area contributed by atoms with E-state index in [0.29, 0.717) is 13.0 Å². The van der Waals surface area contributed by atoms with Crippen LogP contribution in [0.5, 0.6) is 0 Å². The molecule has 114 valence electrons. The molecule has 2 atom stereocenters. The summed E-state index contributed by atoms with van der Waals surface area (Å²) < 4.78 is 13.1. The molecule has 2 heterocycles. The molecule has 3 rings (SSSR count). The number of hydrogen-bond donors (Lipinski definition) is 1. The number of benzene rings is 1. The smallest absolute Gasteiger partial charge is 0.227 e. The molecule has 1 N–H and O–H groups in total. The van der Waals surface area contributed by atoms with Crippen molar-refractivity contribution in [3.63, 3.8) is 0 Å². The Morgan fingerprint density at radius 2 is 2.09 bits per heavy atom. The second-order valence-corrected chi connectivity index (χ2v) is 5.54. The first kappa shape index (κ1) is 14.7. The fourth-order valence-corrected chi connectivity index (χ4v) is 2.87. The van der Waals surface area contributed by atoms with E-state index in [1.165, 1.54) is 12.1 Å². The van der Waals surface area contributed by atoms with Crippen LogP contribution in [0.1, 0.15) is 23.6 Å². The van der Waals surface area contributed by atoms with Crippen LogP contribution in [0.2, 0.25) is 0 Å². The van der Waals surface area contributed by atoms with Crippen molar-refractivity contribution >= 4 is 5.91 Å². The van der Waals surface area contributed by atoms with Gasteiger partial charge in [-0.25, -0.2) is 4.39 Å². The molecule has 0 bridgehead atoms. The molecule has 0 radical (unpaired) electrons. The largest absolute Gasteiger partial charge is 0.391 e. The summed E-state index contributed by atoms with van der Waals surface area (Å²) in [6, 6.07) is 9.53. The molecule has 2 aromatic rings.